The maximum atomic E-state index is 13.7. The molecule has 1 aliphatic rings. The van der Waals surface area contributed by atoms with Crippen LogP contribution in [-0.4, -0.2) is 46.6 Å². The number of halogens is 3. The van der Waals surface area contributed by atoms with Crippen molar-refractivity contribution in [2.45, 2.75) is 52.6 Å². The first-order valence-corrected chi connectivity index (χ1v) is 13.0. The second-order valence-electron chi connectivity index (χ2n) is 8.91. The molecule has 2 aromatic rings. The summed E-state index contributed by atoms with van der Waals surface area (Å²) in [6.45, 7) is 8.19. The van der Waals surface area contributed by atoms with E-state index < -0.39 is 5.41 Å². The van der Waals surface area contributed by atoms with Crippen molar-refractivity contribution < 1.29 is 9.59 Å². The maximum absolute atomic E-state index is 13.7. The first-order chi connectivity index (χ1) is 15.1. The Balaban J connectivity index is 1.96. The summed E-state index contributed by atoms with van der Waals surface area (Å²) in [5.41, 5.74) is 1.18. The highest BCUT2D eigenvalue weighted by Gasteiger charge is 2.38. The lowest BCUT2D eigenvalue weighted by Crippen LogP contribution is -2.52. The summed E-state index contributed by atoms with van der Waals surface area (Å²) in [6.07, 6.45) is 1.53. The Morgan fingerprint density at radius 1 is 1.25 bits per heavy atom. The zero-order chi connectivity index (χ0) is 23.6. The van der Waals surface area contributed by atoms with Gasteiger partial charge in [0, 0.05) is 33.4 Å². The Kier molecular flexibility index (Phi) is 8.19. The molecule has 0 spiro atoms. The van der Waals surface area contributed by atoms with Crippen LogP contribution in [0.1, 0.15) is 56.2 Å². The zero-order valence-corrected chi connectivity index (χ0v) is 21.9. The van der Waals surface area contributed by atoms with E-state index in [1.165, 1.54) is 4.88 Å². The van der Waals surface area contributed by atoms with Crippen LogP contribution in [0.25, 0.3) is 0 Å². The lowest BCUT2D eigenvalue weighted by molar-refractivity contribution is -0.148. The molecule has 2 unspecified atom stereocenters. The Labute approximate surface area is 209 Å². The number of fused-ring (bicyclic) bond motifs is 1. The number of hydrogen-bond acceptors (Lipinski definition) is 3. The smallest absolute Gasteiger partial charge is 0.243 e. The highest BCUT2D eigenvalue weighted by atomic mass is 35.5. The van der Waals surface area contributed by atoms with Crippen molar-refractivity contribution in [1.29, 1.82) is 0 Å². The van der Waals surface area contributed by atoms with Crippen LogP contribution in [0.5, 0.6) is 0 Å². The minimum atomic E-state index is -0.743. The minimum Gasteiger partial charge on any atom is -0.330 e. The van der Waals surface area contributed by atoms with Gasteiger partial charge in [0.15, 0.2) is 0 Å². The quantitative estimate of drug-likeness (QED) is 0.399. The second-order valence-corrected chi connectivity index (χ2v) is 11.0. The third-order valence-corrected chi connectivity index (χ3v) is 8.37. The Bertz CT molecular complexity index is 991. The van der Waals surface area contributed by atoms with E-state index in [4.69, 9.17) is 34.8 Å². The average Bonchev–Trinajstić information content (AvgIpc) is 3.25. The van der Waals surface area contributed by atoms with Crippen LogP contribution in [0, 0.1) is 5.41 Å². The first kappa shape index (κ1) is 25.4. The van der Waals surface area contributed by atoms with Gasteiger partial charge in [-0.25, -0.2) is 0 Å². The summed E-state index contributed by atoms with van der Waals surface area (Å²) >= 11 is 20.5. The molecule has 0 fully saturated rings. The molecule has 0 saturated heterocycles. The predicted octanol–water partition coefficient (Wildman–Crippen LogP) is 6.42. The van der Waals surface area contributed by atoms with Crippen molar-refractivity contribution >= 4 is 58.0 Å². The van der Waals surface area contributed by atoms with Crippen LogP contribution in [0.15, 0.2) is 29.6 Å². The van der Waals surface area contributed by atoms with Crippen LogP contribution in [0.2, 0.25) is 10.0 Å². The number of nitrogens with zero attached hydrogens (tertiary/aromatic N) is 2. The molecule has 8 heteroatoms. The fourth-order valence-corrected chi connectivity index (χ4v) is 5.50. The largest absolute Gasteiger partial charge is 0.330 e. The molecule has 4 nitrogen and oxygen atoms in total. The molecule has 2 atom stereocenters. The molecule has 32 heavy (non-hydrogen) atoms. The Morgan fingerprint density at radius 2 is 1.97 bits per heavy atom. The predicted molar refractivity (Wildman–Crippen MR) is 134 cm³/mol. The average molecular weight is 516 g/mol. The standard InChI is InChI=1S/C24H29Cl3N2O2S/c1-5-15(2)29(23(31)24(3,4)14-25)13-21(30)28-10-8-20-18(9-11-32-20)22(28)17-7-6-16(26)12-19(17)27/h6-7,9,11-12,15,22H,5,8,10,13-14H2,1-4H3. The molecule has 2 amide bonds. The molecule has 0 aliphatic carbocycles. The molecule has 1 aliphatic heterocycles. The van der Waals surface area contributed by atoms with E-state index in [-0.39, 0.29) is 36.3 Å². The fraction of sp³-hybridized carbons (Fsp3) is 0.500. The van der Waals surface area contributed by atoms with Gasteiger partial charge >= 0.3 is 0 Å². The van der Waals surface area contributed by atoms with Crippen molar-refractivity contribution in [2.24, 2.45) is 5.41 Å². The number of thiophene rings is 1. The van der Waals surface area contributed by atoms with Gasteiger partial charge in [-0.1, -0.05) is 36.2 Å². The number of amides is 2. The van der Waals surface area contributed by atoms with Gasteiger partial charge in [-0.3, -0.25) is 9.59 Å². The Morgan fingerprint density at radius 3 is 2.59 bits per heavy atom. The summed E-state index contributed by atoms with van der Waals surface area (Å²) < 4.78 is 0. The van der Waals surface area contributed by atoms with Gasteiger partial charge in [-0.15, -0.1) is 22.9 Å². The fourth-order valence-electron chi connectivity index (χ4n) is 3.97. The lowest BCUT2D eigenvalue weighted by Gasteiger charge is -2.40. The highest BCUT2D eigenvalue weighted by molar-refractivity contribution is 7.10. The van der Waals surface area contributed by atoms with Gasteiger partial charge < -0.3 is 9.80 Å². The molecule has 1 aromatic heterocycles. The normalized spacial score (nSPS) is 17.1. The zero-order valence-electron chi connectivity index (χ0n) is 18.8. The molecular formula is C24H29Cl3N2O2S. The summed E-state index contributed by atoms with van der Waals surface area (Å²) in [5, 5.41) is 3.13. The summed E-state index contributed by atoms with van der Waals surface area (Å²) in [6, 6.07) is 7.06. The summed E-state index contributed by atoms with van der Waals surface area (Å²) in [4.78, 5) is 31.7. The second kappa shape index (κ2) is 10.3. The number of carbonyl (C=O) groups excluding carboxylic acids is 2. The maximum Gasteiger partial charge on any atom is 0.243 e. The van der Waals surface area contributed by atoms with Gasteiger partial charge in [-0.05, 0) is 68.3 Å². The van der Waals surface area contributed by atoms with E-state index in [1.807, 2.05) is 44.0 Å². The highest BCUT2D eigenvalue weighted by Crippen LogP contribution is 2.41. The van der Waals surface area contributed by atoms with E-state index >= 15 is 0 Å². The number of rotatable bonds is 7. The number of benzene rings is 1. The van der Waals surface area contributed by atoms with Gasteiger partial charge in [0.2, 0.25) is 11.8 Å². The molecule has 0 radical (unpaired) electrons. The van der Waals surface area contributed by atoms with Crippen molar-refractivity contribution in [3.8, 4) is 0 Å². The van der Waals surface area contributed by atoms with E-state index in [2.05, 4.69) is 6.07 Å². The van der Waals surface area contributed by atoms with Crippen molar-refractivity contribution in [3.05, 3.63) is 55.7 Å². The van der Waals surface area contributed by atoms with Crippen LogP contribution >= 0.6 is 46.1 Å². The van der Waals surface area contributed by atoms with E-state index in [0.29, 0.717) is 16.6 Å². The van der Waals surface area contributed by atoms with Crippen molar-refractivity contribution in [3.63, 3.8) is 0 Å². The molecule has 0 bridgehead atoms. The van der Waals surface area contributed by atoms with Crippen LogP contribution in [0.3, 0.4) is 0 Å². The molecular weight excluding hydrogens is 487 g/mol. The number of hydrogen-bond donors (Lipinski definition) is 0. The lowest BCUT2D eigenvalue weighted by atomic mass is 9.92. The third kappa shape index (κ3) is 5.11. The number of alkyl halides is 1. The molecule has 0 saturated carbocycles. The monoisotopic (exact) mass is 514 g/mol. The number of carbonyl (C=O) groups is 2. The topological polar surface area (TPSA) is 40.6 Å². The first-order valence-electron chi connectivity index (χ1n) is 10.8. The van der Waals surface area contributed by atoms with Gasteiger partial charge in [0.1, 0.15) is 6.54 Å². The van der Waals surface area contributed by atoms with E-state index in [1.54, 1.807) is 28.4 Å². The van der Waals surface area contributed by atoms with E-state index in [0.717, 1.165) is 24.0 Å². The molecule has 1 aromatic carbocycles. The molecule has 2 heterocycles. The molecule has 0 N–H and O–H groups in total. The third-order valence-electron chi connectivity index (χ3n) is 6.15. The van der Waals surface area contributed by atoms with Crippen LogP contribution in [-0.2, 0) is 16.0 Å². The van der Waals surface area contributed by atoms with Crippen LogP contribution < -0.4 is 0 Å². The SMILES string of the molecule is CCC(C)N(CC(=O)N1CCc2sccc2C1c1ccc(Cl)cc1Cl)C(=O)C(C)(C)CCl. The van der Waals surface area contributed by atoms with Gasteiger partial charge in [0.25, 0.3) is 0 Å². The summed E-state index contributed by atoms with van der Waals surface area (Å²) in [5.74, 6) is -0.0146. The summed E-state index contributed by atoms with van der Waals surface area (Å²) in [7, 11) is 0. The van der Waals surface area contributed by atoms with Gasteiger partial charge in [0.05, 0.1) is 11.5 Å². The molecule has 174 valence electrons. The minimum absolute atomic E-state index is 0.00926. The van der Waals surface area contributed by atoms with Crippen molar-refractivity contribution in [1.82, 2.24) is 9.80 Å². The van der Waals surface area contributed by atoms with Crippen LogP contribution in [0.4, 0.5) is 0 Å². The Hall–Kier alpha value is -1.27. The van der Waals surface area contributed by atoms with Crippen molar-refractivity contribution in [2.75, 3.05) is 19.0 Å². The van der Waals surface area contributed by atoms with E-state index in [9.17, 15) is 9.59 Å². The molecule has 3 rings (SSSR count). The van der Waals surface area contributed by atoms with Gasteiger partial charge in [-0.2, -0.15) is 0 Å².